The third kappa shape index (κ3) is 10.7. The summed E-state index contributed by atoms with van der Waals surface area (Å²) in [4.78, 5) is 79.2. The van der Waals surface area contributed by atoms with Crippen molar-refractivity contribution in [3.63, 3.8) is 0 Å². The molecule has 19 heteroatoms. The zero-order valence-electron chi connectivity index (χ0n) is 45.1. The minimum Gasteiger partial charge on any atom is -0.462 e. The Labute approximate surface area is 444 Å². The maximum atomic E-state index is 14.9. The fourth-order valence-electron chi connectivity index (χ4n) is 11.6. The van der Waals surface area contributed by atoms with Crippen LogP contribution in [0.25, 0.3) is 33.4 Å². The number of cyclic esters (lactones) is 1. The van der Waals surface area contributed by atoms with Gasteiger partial charge in [0.15, 0.2) is 5.60 Å². The number of ether oxygens (including phenoxy) is 3. The smallest absolute Gasteiger partial charge is 0.355 e. The molecule has 3 N–H and O–H groups in total. The number of aromatic nitrogens is 4. The molecular formula is C56H74N10O8S. The van der Waals surface area contributed by atoms with Gasteiger partial charge in [-0.15, -0.1) is 11.3 Å². The van der Waals surface area contributed by atoms with Crippen molar-refractivity contribution < 1.29 is 38.5 Å². The van der Waals surface area contributed by atoms with Crippen molar-refractivity contribution in [2.24, 2.45) is 11.3 Å². The van der Waals surface area contributed by atoms with Crippen LogP contribution in [0.2, 0.25) is 0 Å². The van der Waals surface area contributed by atoms with Gasteiger partial charge in [-0.25, -0.2) is 9.78 Å². The summed E-state index contributed by atoms with van der Waals surface area (Å²) in [6, 6.07) is 10.1. The van der Waals surface area contributed by atoms with Crippen molar-refractivity contribution in [2.75, 3.05) is 72.0 Å². The molecule has 1 aromatic carbocycles. The minimum absolute atomic E-state index is 0.0138. The van der Waals surface area contributed by atoms with E-state index in [9.17, 15) is 24.3 Å². The van der Waals surface area contributed by atoms with Gasteiger partial charge in [-0.05, 0) is 88.4 Å². The summed E-state index contributed by atoms with van der Waals surface area (Å²) >= 11 is 1.37. The topological polar surface area (TPSA) is 197 Å². The number of nitrogens with one attached hydrogen (secondary N) is 2. The molecule has 0 unspecified atom stereocenters. The highest BCUT2D eigenvalue weighted by Crippen LogP contribution is 2.44. The van der Waals surface area contributed by atoms with Crippen molar-refractivity contribution >= 4 is 51.6 Å². The number of amides is 3. The first-order chi connectivity index (χ1) is 35.8. The van der Waals surface area contributed by atoms with Crippen LogP contribution in [-0.4, -0.2) is 154 Å². The first-order valence-corrected chi connectivity index (χ1v) is 27.3. The predicted octanol–water partition coefficient (Wildman–Crippen LogP) is 6.12. The summed E-state index contributed by atoms with van der Waals surface area (Å²) in [5.74, 6) is -3.08. The van der Waals surface area contributed by atoms with Gasteiger partial charge in [-0.1, -0.05) is 39.8 Å². The summed E-state index contributed by atoms with van der Waals surface area (Å²) in [6.07, 6.45) is 6.38. The van der Waals surface area contributed by atoms with Crippen LogP contribution in [0.1, 0.15) is 102 Å². The number of carbonyl (C=O) groups is 4. The summed E-state index contributed by atoms with van der Waals surface area (Å²) in [6.45, 7) is 18.4. The van der Waals surface area contributed by atoms with Gasteiger partial charge in [0.25, 0.3) is 11.8 Å². The fraction of sp³-hybridized carbons (Fsp3) is 0.554. The van der Waals surface area contributed by atoms with Crippen LogP contribution in [0.15, 0.2) is 60.4 Å². The van der Waals surface area contributed by atoms with Crippen molar-refractivity contribution in [2.45, 2.75) is 123 Å². The number of fused-ring (bicyclic) bond motifs is 6. The molecule has 0 spiro atoms. The second kappa shape index (κ2) is 21.7. The molecule has 75 heavy (non-hydrogen) atoms. The SMILES string of the molecule is CCn1c(-c2cc(N3CCN(C)CC3)cnc2[C@H](C)OC)c2c3cc(ccc31)-c1csc(n1)C[C@H](NC(=O)[C@H](C(C)C)N(C)C(=O)[C@@]1(C)OCC[C@@H]1c1cccnc1)C(=O)N1CCC[C@@](O)(N1)C(=O)OCC(C)(C)C2. The van der Waals surface area contributed by atoms with Crippen LogP contribution in [0.4, 0.5) is 5.69 Å². The Bertz CT molecular complexity index is 2920. The van der Waals surface area contributed by atoms with Gasteiger partial charge < -0.3 is 43.9 Å². The molecule has 8 heterocycles. The Morgan fingerprint density at radius 3 is 2.55 bits per heavy atom. The summed E-state index contributed by atoms with van der Waals surface area (Å²) in [7, 11) is 5.44. The summed E-state index contributed by atoms with van der Waals surface area (Å²) in [5, 5.41) is 19.8. The van der Waals surface area contributed by atoms with Crippen LogP contribution in [0.3, 0.4) is 0 Å². The Morgan fingerprint density at radius 2 is 1.84 bits per heavy atom. The number of hydrogen-bond acceptors (Lipinski definition) is 15. The molecular weight excluding hydrogens is 973 g/mol. The van der Waals surface area contributed by atoms with Gasteiger partial charge in [0, 0.05) is 124 Å². The van der Waals surface area contributed by atoms with Gasteiger partial charge in [0.05, 0.1) is 46.7 Å². The number of likely N-dealkylation sites (N-methyl/N-ethyl adjacent to an activating group) is 2. The van der Waals surface area contributed by atoms with Crippen LogP contribution < -0.4 is 15.6 Å². The molecule has 3 fully saturated rings. The Hall–Kier alpha value is -5.83. The van der Waals surface area contributed by atoms with Crippen LogP contribution in [0, 0.1) is 11.3 Å². The molecule has 0 radical (unpaired) electrons. The number of pyridine rings is 2. The maximum absolute atomic E-state index is 14.9. The Balaban J connectivity index is 1.11. The van der Waals surface area contributed by atoms with E-state index >= 15 is 0 Å². The summed E-state index contributed by atoms with van der Waals surface area (Å²) in [5.41, 5.74) is 6.96. The number of anilines is 1. The van der Waals surface area contributed by atoms with E-state index in [0.717, 1.165) is 76.4 Å². The number of carbonyl (C=O) groups excluding carboxylic acids is 4. The number of esters is 1. The lowest BCUT2D eigenvalue weighted by Gasteiger charge is -2.41. The number of nitrogens with zero attached hydrogens (tertiary/aromatic N) is 8. The first kappa shape index (κ1) is 54.0. The average molecular weight is 1050 g/mol. The number of benzene rings is 1. The van der Waals surface area contributed by atoms with Gasteiger partial charge in [0.1, 0.15) is 12.1 Å². The number of methoxy groups -OCH3 is 1. The van der Waals surface area contributed by atoms with E-state index in [1.807, 2.05) is 58.3 Å². The quantitative estimate of drug-likeness (QED) is 0.128. The number of hydrazine groups is 1. The molecule has 9 rings (SSSR count). The number of thiazole rings is 1. The molecule has 6 atom stereocenters. The third-order valence-corrected chi connectivity index (χ3v) is 16.7. The maximum Gasteiger partial charge on any atom is 0.355 e. The number of piperazine rings is 1. The molecule has 4 aromatic heterocycles. The van der Waals surface area contributed by atoms with E-state index in [-0.39, 0.29) is 56.3 Å². The molecule has 0 aliphatic carbocycles. The summed E-state index contributed by atoms with van der Waals surface area (Å²) < 4.78 is 20.6. The number of hydrogen-bond donors (Lipinski definition) is 3. The number of rotatable bonds is 11. The zero-order valence-corrected chi connectivity index (χ0v) is 46.0. The van der Waals surface area contributed by atoms with Crippen LogP contribution in [-0.2, 0) is 52.8 Å². The predicted molar refractivity (Wildman–Crippen MR) is 288 cm³/mol. The number of aryl methyl sites for hydroxylation is 1. The number of aliphatic hydroxyl groups is 1. The molecule has 402 valence electrons. The minimum atomic E-state index is -2.24. The molecule has 6 bridgehead atoms. The van der Waals surface area contributed by atoms with Crippen molar-refractivity contribution in [1.82, 2.24) is 45.1 Å². The monoisotopic (exact) mass is 1050 g/mol. The van der Waals surface area contributed by atoms with E-state index in [0.29, 0.717) is 36.7 Å². The molecule has 3 amide bonds. The van der Waals surface area contributed by atoms with E-state index in [4.69, 9.17) is 24.2 Å². The standard InChI is InChI=1S/C56H74N10O8S/c1-11-65-45-16-15-36-26-39(45)41(49(65)40-27-38(31-58-47(40)35(4)72-10)64-23-21-62(8)22-24-64)29-54(5,6)33-73-53(70)56(71)18-13-20-66(61-56)51(68)43(28-46-59-44(36)32-75-46)60-50(67)48(34(2)3)63(9)52(69)55(7)42(17-25-74-55)37-14-12-19-57-30-37/h12,14-16,19,26-27,30-32,34-35,42-43,48,61,71H,11,13,17-18,20-25,28-29,33H2,1-10H3,(H,60,67)/t35-,42+,43-,48-,55-,56-/m0/s1. The van der Waals surface area contributed by atoms with E-state index in [2.05, 4.69) is 68.3 Å². The van der Waals surface area contributed by atoms with Gasteiger partial charge in [-0.2, -0.15) is 5.43 Å². The Kier molecular flexibility index (Phi) is 15.6. The van der Waals surface area contributed by atoms with Crippen LogP contribution >= 0.6 is 11.3 Å². The molecule has 0 saturated carbocycles. The highest BCUT2D eigenvalue weighted by Gasteiger charge is 2.51. The Morgan fingerprint density at radius 1 is 1.07 bits per heavy atom. The lowest BCUT2D eigenvalue weighted by molar-refractivity contribution is -0.189. The first-order valence-electron chi connectivity index (χ1n) is 26.4. The van der Waals surface area contributed by atoms with Crippen molar-refractivity contribution in [1.29, 1.82) is 0 Å². The second-order valence-corrected chi connectivity index (χ2v) is 23.1. The molecule has 4 aliphatic rings. The second-order valence-electron chi connectivity index (χ2n) is 22.2. The molecule has 3 saturated heterocycles. The van der Waals surface area contributed by atoms with Crippen LogP contribution in [0.5, 0.6) is 0 Å². The molecule has 18 nitrogen and oxygen atoms in total. The van der Waals surface area contributed by atoms with Gasteiger partial charge in [-0.3, -0.25) is 29.4 Å². The highest BCUT2D eigenvalue weighted by atomic mass is 32.1. The van der Waals surface area contributed by atoms with E-state index in [1.165, 1.54) is 21.2 Å². The highest BCUT2D eigenvalue weighted by molar-refractivity contribution is 7.10. The van der Waals surface area contributed by atoms with E-state index in [1.54, 1.807) is 33.5 Å². The normalized spacial score (nSPS) is 24.5. The average Bonchev–Trinajstić information content (AvgIpc) is 4.13. The zero-order chi connectivity index (χ0) is 53.6. The van der Waals surface area contributed by atoms with Crippen molar-refractivity contribution in [3.8, 4) is 22.5 Å². The fourth-order valence-corrected chi connectivity index (χ4v) is 12.4. The van der Waals surface area contributed by atoms with Gasteiger partial charge >= 0.3 is 5.97 Å². The third-order valence-electron chi connectivity index (χ3n) is 15.8. The molecule has 4 aliphatic heterocycles. The molecule has 5 aromatic rings. The lowest BCUT2D eigenvalue weighted by atomic mass is 9.82. The van der Waals surface area contributed by atoms with E-state index < -0.39 is 46.6 Å². The van der Waals surface area contributed by atoms with Gasteiger partial charge in [0.2, 0.25) is 11.6 Å². The lowest BCUT2D eigenvalue weighted by Crippen LogP contribution is -2.67. The largest absolute Gasteiger partial charge is 0.462 e. The van der Waals surface area contributed by atoms with Crippen molar-refractivity contribution in [3.05, 3.63) is 82.2 Å².